The summed E-state index contributed by atoms with van der Waals surface area (Å²) in [5, 5.41) is 4.89. The topological polar surface area (TPSA) is 21.3 Å². The molecule has 0 spiro atoms. The fourth-order valence-electron chi connectivity index (χ4n) is 2.34. The molecule has 20 heavy (non-hydrogen) atoms. The molecule has 1 N–H and O–H groups in total. The van der Waals surface area contributed by atoms with E-state index in [1.165, 1.54) is 5.56 Å². The molecule has 4 heteroatoms. The number of nitrogens with one attached hydrogen (secondary N) is 1. The van der Waals surface area contributed by atoms with Crippen LogP contribution in [0.1, 0.15) is 11.1 Å². The zero-order chi connectivity index (χ0) is 14.1. The quantitative estimate of drug-likeness (QED) is 0.886. The Bertz CT molecular complexity index is 642. The molecule has 0 aromatic heterocycles. The molecule has 2 aromatic carbocycles. The van der Waals surface area contributed by atoms with Crippen LogP contribution in [0, 0.1) is 6.92 Å². The maximum absolute atomic E-state index is 6.11. The normalized spacial score (nSPS) is 16.6. The largest absolute Gasteiger partial charge is 0.488 e. The summed E-state index contributed by atoms with van der Waals surface area (Å²) < 4.78 is 5.88. The van der Waals surface area contributed by atoms with Gasteiger partial charge in [0.1, 0.15) is 11.9 Å². The summed E-state index contributed by atoms with van der Waals surface area (Å²) in [6, 6.07) is 11.7. The Labute approximate surface area is 128 Å². The van der Waals surface area contributed by atoms with Gasteiger partial charge in [-0.25, -0.2) is 0 Å². The Hall–Kier alpha value is -1.38. The number of fused-ring (bicyclic) bond motifs is 1. The van der Waals surface area contributed by atoms with Crippen molar-refractivity contribution in [3.63, 3.8) is 0 Å². The molecule has 0 saturated carbocycles. The highest BCUT2D eigenvalue weighted by molar-refractivity contribution is 6.31. The van der Waals surface area contributed by atoms with E-state index in [0.717, 1.165) is 40.0 Å². The Kier molecular flexibility index (Phi) is 3.77. The van der Waals surface area contributed by atoms with Gasteiger partial charge in [0.2, 0.25) is 0 Å². The summed E-state index contributed by atoms with van der Waals surface area (Å²) in [6.07, 6.45) is 1.01. The third-order valence-corrected chi connectivity index (χ3v) is 4.11. The minimum absolute atomic E-state index is 0.128. The molecule has 1 aliphatic rings. The molecule has 1 aliphatic heterocycles. The second-order valence-electron chi connectivity index (χ2n) is 5.04. The lowest BCUT2D eigenvalue weighted by Crippen LogP contribution is -2.23. The van der Waals surface area contributed by atoms with Gasteiger partial charge in [-0.2, -0.15) is 0 Å². The standard InChI is InChI=1S/C16H15Cl2NO/c1-10-2-4-13(8-15(10)18)19-9-14-7-11-6-12(17)3-5-16(11)20-14/h2-6,8,14,19H,7,9H2,1H3. The second kappa shape index (κ2) is 5.55. The van der Waals surface area contributed by atoms with Gasteiger partial charge >= 0.3 is 0 Å². The Morgan fingerprint density at radius 1 is 1.20 bits per heavy atom. The zero-order valence-corrected chi connectivity index (χ0v) is 12.6. The first-order valence-corrected chi connectivity index (χ1v) is 7.32. The molecule has 1 heterocycles. The molecular weight excluding hydrogens is 293 g/mol. The first kappa shape index (κ1) is 13.6. The first-order valence-electron chi connectivity index (χ1n) is 6.57. The van der Waals surface area contributed by atoms with E-state index >= 15 is 0 Å². The Morgan fingerprint density at radius 3 is 2.85 bits per heavy atom. The van der Waals surface area contributed by atoms with Crippen LogP contribution in [-0.2, 0) is 6.42 Å². The van der Waals surface area contributed by atoms with Crippen LogP contribution >= 0.6 is 23.2 Å². The number of hydrogen-bond acceptors (Lipinski definition) is 2. The van der Waals surface area contributed by atoms with Crippen LogP contribution in [0.25, 0.3) is 0 Å². The van der Waals surface area contributed by atoms with E-state index in [0.29, 0.717) is 0 Å². The van der Waals surface area contributed by atoms with Crippen molar-refractivity contribution >= 4 is 28.9 Å². The number of ether oxygens (including phenoxy) is 1. The van der Waals surface area contributed by atoms with Crippen LogP contribution in [0.15, 0.2) is 36.4 Å². The fourth-order valence-corrected chi connectivity index (χ4v) is 2.71. The minimum atomic E-state index is 0.128. The molecule has 0 amide bonds. The molecule has 0 radical (unpaired) electrons. The molecule has 2 aromatic rings. The molecule has 2 nitrogen and oxygen atoms in total. The average Bonchev–Trinajstić information content (AvgIpc) is 2.82. The fraction of sp³-hybridized carbons (Fsp3) is 0.250. The van der Waals surface area contributed by atoms with Gasteiger partial charge in [0, 0.05) is 22.2 Å². The summed E-state index contributed by atoms with van der Waals surface area (Å²) in [7, 11) is 0. The van der Waals surface area contributed by atoms with Gasteiger partial charge in [-0.15, -0.1) is 0 Å². The van der Waals surface area contributed by atoms with E-state index in [-0.39, 0.29) is 6.10 Å². The van der Waals surface area contributed by atoms with Gasteiger partial charge in [-0.05, 0) is 48.4 Å². The highest BCUT2D eigenvalue weighted by Gasteiger charge is 2.22. The first-order chi connectivity index (χ1) is 9.61. The van der Waals surface area contributed by atoms with Crippen molar-refractivity contribution in [3.8, 4) is 5.75 Å². The third-order valence-electron chi connectivity index (χ3n) is 3.47. The second-order valence-corrected chi connectivity index (χ2v) is 5.88. The summed E-state index contributed by atoms with van der Waals surface area (Å²) in [6.45, 7) is 2.73. The van der Waals surface area contributed by atoms with Crippen molar-refractivity contribution in [2.24, 2.45) is 0 Å². The summed E-state index contributed by atoms with van der Waals surface area (Å²) >= 11 is 12.1. The Balaban J connectivity index is 1.62. The van der Waals surface area contributed by atoms with Crippen LogP contribution in [-0.4, -0.2) is 12.6 Å². The molecule has 1 unspecified atom stereocenters. The van der Waals surface area contributed by atoms with Gasteiger partial charge in [0.15, 0.2) is 0 Å². The number of anilines is 1. The maximum Gasteiger partial charge on any atom is 0.123 e. The van der Waals surface area contributed by atoms with E-state index in [4.69, 9.17) is 27.9 Å². The number of halogens is 2. The van der Waals surface area contributed by atoms with E-state index in [1.807, 2.05) is 43.3 Å². The zero-order valence-electron chi connectivity index (χ0n) is 11.1. The molecule has 1 atom stereocenters. The lowest BCUT2D eigenvalue weighted by Gasteiger charge is -2.13. The smallest absolute Gasteiger partial charge is 0.123 e. The van der Waals surface area contributed by atoms with E-state index < -0.39 is 0 Å². The predicted molar refractivity (Wildman–Crippen MR) is 84.3 cm³/mol. The van der Waals surface area contributed by atoms with Crippen LogP contribution < -0.4 is 10.1 Å². The van der Waals surface area contributed by atoms with Crippen molar-refractivity contribution < 1.29 is 4.74 Å². The van der Waals surface area contributed by atoms with Gasteiger partial charge < -0.3 is 10.1 Å². The molecule has 0 saturated heterocycles. The third kappa shape index (κ3) is 2.87. The van der Waals surface area contributed by atoms with E-state index in [2.05, 4.69) is 5.32 Å². The van der Waals surface area contributed by atoms with Gasteiger partial charge in [0.05, 0.1) is 6.54 Å². The summed E-state index contributed by atoms with van der Waals surface area (Å²) in [5.41, 5.74) is 3.26. The van der Waals surface area contributed by atoms with E-state index in [9.17, 15) is 0 Å². The minimum Gasteiger partial charge on any atom is -0.488 e. The predicted octanol–water partition coefficient (Wildman–Crippen LogP) is 4.72. The molecular formula is C16H15Cl2NO. The highest BCUT2D eigenvalue weighted by Crippen LogP contribution is 2.31. The van der Waals surface area contributed by atoms with Crippen molar-refractivity contribution in [1.29, 1.82) is 0 Å². The maximum atomic E-state index is 6.11. The molecule has 3 rings (SSSR count). The monoisotopic (exact) mass is 307 g/mol. The van der Waals surface area contributed by atoms with E-state index in [1.54, 1.807) is 0 Å². The summed E-state index contributed by atoms with van der Waals surface area (Å²) in [5.74, 6) is 0.933. The van der Waals surface area contributed by atoms with Crippen LogP contribution in [0.5, 0.6) is 5.75 Å². The van der Waals surface area contributed by atoms with Gasteiger partial charge in [-0.1, -0.05) is 29.3 Å². The number of hydrogen-bond donors (Lipinski definition) is 1. The van der Waals surface area contributed by atoms with Crippen LogP contribution in [0.2, 0.25) is 10.0 Å². The Morgan fingerprint density at radius 2 is 2.05 bits per heavy atom. The molecule has 0 fully saturated rings. The number of aryl methyl sites for hydroxylation is 1. The van der Waals surface area contributed by atoms with Crippen LogP contribution in [0.3, 0.4) is 0 Å². The van der Waals surface area contributed by atoms with Crippen molar-refractivity contribution in [1.82, 2.24) is 0 Å². The molecule has 0 bridgehead atoms. The van der Waals surface area contributed by atoms with Crippen molar-refractivity contribution in [2.45, 2.75) is 19.4 Å². The number of benzene rings is 2. The SMILES string of the molecule is Cc1ccc(NCC2Cc3cc(Cl)ccc3O2)cc1Cl. The highest BCUT2D eigenvalue weighted by atomic mass is 35.5. The average molecular weight is 308 g/mol. The summed E-state index contributed by atoms with van der Waals surface area (Å²) in [4.78, 5) is 0. The number of rotatable bonds is 3. The lowest BCUT2D eigenvalue weighted by molar-refractivity contribution is 0.246. The van der Waals surface area contributed by atoms with Crippen molar-refractivity contribution in [2.75, 3.05) is 11.9 Å². The molecule has 104 valence electrons. The lowest BCUT2D eigenvalue weighted by atomic mass is 10.1. The van der Waals surface area contributed by atoms with Crippen LogP contribution in [0.4, 0.5) is 5.69 Å². The van der Waals surface area contributed by atoms with Gasteiger partial charge in [0.25, 0.3) is 0 Å². The molecule has 0 aliphatic carbocycles. The van der Waals surface area contributed by atoms with Crippen molar-refractivity contribution in [3.05, 3.63) is 57.6 Å². The van der Waals surface area contributed by atoms with Gasteiger partial charge in [-0.3, -0.25) is 0 Å².